The third kappa shape index (κ3) is 5.82. The van der Waals surface area contributed by atoms with Gasteiger partial charge in [0.25, 0.3) is 0 Å². The van der Waals surface area contributed by atoms with Gasteiger partial charge in [-0.15, -0.1) is 0 Å². The number of carbonyl (C=O) groups is 3. The van der Waals surface area contributed by atoms with Crippen molar-refractivity contribution in [3.05, 3.63) is 53.2 Å². The molecule has 1 saturated carbocycles. The minimum absolute atomic E-state index is 0.0536. The Morgan fingerprint density at radius 2 is 1.91 bits per heavy atom. The highest BCUT2D eigenvalue weighted by atomic mass is 19.4. The minimum Gasteiger partial charge on any atom is -0.464 e. The first-order valence-electron chi connectivity index (χ1n) is 10.4. The molecule has 0 atom stereocenters. The first-order chi connectivity index (χ1) is 15.5. The van der Waals surface area contributed by atoms with Crippen LogP contribution in [0.5, 0.6) is 0 Å². The predicted molar refractivity (Wildman–Crippen MR) is 116 cm³/mol. The van der Waals surface area contributed by atoms with Gasteiger partial charge in [-0.1, -0.05) is 6.07 Å². The molecule has 0 aliphatic heterocycles. The quantitative estimate of drug-likeness (QED) is 0.553. The van der Waals surface area contributed by atoms with Gasteiger partial charge < -0.3 is 10.0 Å². The molecule has 1 aliphatic carbocycles. The number of nitrogens with one attached hydrogen (secondary N) is 1. The number of halogens is 3. The summed E-state index contributed by atoms with van der Waals surface area (Å²) in [6.07, 6.45) is -1.79. The summed E-state index contributed by atoms with van der Waals surface area (Å²) in [4.78, 5) is 36.8. The Hall–Kier alpha value is -3.56. The normalized spacial score (nSPS) is 13.8. The number of carboxylic acid groups (broad SMARTS) is 1. The van der Waals surface area contributed by atoms with E-state index in [1.165, 1.54) is 34.7 Å². The van der Waals surface area contributed by atoms with Crippen molar-refractivity contribution in [2.45, 2.75) is 39.4 Å². The van der Waals surface area contributed by atoms with Gasteiger partial charge >= 0.3 is 12.3 Å². The van der Waals surface area contributed by atoms with Crippen molar-refractivity contribution < 1.29 is 32.7 Å². The SMILES string of the molecule is CCN(Cc1cc(C(F)(F)F)ccc1-c1ccc(/C=C/C(C)=O)n1NC(=O)O)C(=O)C1CC1. The number of rotatable bonds is 8. The standard InChI is InChI=1S/C23H24F3N3O4/c1-3-28(21(31)15-5-6-15)13-16-12-17(23(24,25)26)7-10-19(16)20-11-9-18(8-4-14(2)30)29(20)27-22(32)33/h4,7-12,15,27H,3,5-6,13H2,1-2H3,(H,32,33)/b8-4+. The van der Waals surface area contributed by atoms with E-state index in [4.69, 9.17) is 0 Å². The van der Waals surface area contributed by atoms with Gasteiger partial charge in [0, 0.05) is 24.6 Å². The molecule has 7 nitrogen and oxygen atoms in total. The Morgan fingerprint density at radius 1 is 1.21 bits per heavy atom. The second-order valence-corrected chi connectivity index (χ2v) is 7.84. The lowest BCUT2D eigenvalue weighted by Gasteiger charge is -2.24. The van der Waals surface area contributed by atoms with Gasteiger partial charge in [0.2, 0.25) is 5.91 Å². The second kappa shape index (κ2) is 9.51. The number of amides is 2. The average molecular weight is 463 g/mol. The lowest BCUT2D eigenvalue weighted by Crippen LogP contribution is -2.32. The largest absolute Gasteiger partial charge is 0.464 e. The highest BCUT2D eigenvalue weighted by Gasteiger charge is 2.34. The minimum atomic E-state index is -4.58. The molecular formula is C23H24F3N3O4. The zero-order chi connectivity index (χ0) is 24.3. The van der Waals surface area contributed by atoms with Gasteiger partial charge in [0.15, 0.2) is 5.78 Å². The molecule has 0 radical (unpaired) electrons. The number of hydrogen-bond acceptors (Lipinski definition) is 3. The molecule has 2 amide bonds. The van der Waals surface area contributed by atoms with Crippen LogP contribution in [0.4, 0.5) is 18.0 Å². The molecule has 0 spiro atoms. The summed E-state index contributed by atoms with van der Waals surface area (Å²) < 4.78 is 41.5. The van der Waals surface area contributed by atoms with Crippen LogP contribution in [0.25, 0.3) is 17.3 Å². The van der Waals surface area contributed by atoms with Gasteiger partial charge in [-0.2, -0.15) is 13.2 Å². The zero-order valence-electron chi connectivity index (χ0n) is 18.1. The van der Waals surface area contributed by atoms with Crippen molar-refractivity contribution in [3.8, 4) is 11.3 Å². The summed E-state index contributed by atoms with van der Waals surface area (Å²) in [6.45, 7) is 3.36. The summed E-state index contributed by atoms with van der Waals surface area (Å²) in [7, 11) is 0. The molecule has 2 aromatic rings. The Bertz CT molecular complexity index is 1100. The molecule has 176 valence electrons. The summed E-state index contributed by atoms with van der Waals surface area (Å²) in [5, 5.41) is 9.28. The molecule has 2 N–H and O–H groups in total. The number of benzene rings is 1. The first kappa shape index (κ1) is 24.1. The fourth-order valence-corrected chi connectivity index (χ4v) is 3.51. The van der Waals surface area contributed by atoms with Crippen LogP contribution in [0.3, 0.4) is 0 Å². The lowest BCUT2D eigenvalue weighted by atomic mass is 10.00. The highest BCUT2D eigenvalue weighted by Crippen LogP contribution is 2.36. The predicted octanol–water partition coefficient (Wildman–Crippen LogP) is 4.76. The van der Waals surface area contributed by atoms with E-state index in [2.05, 4.69) is 5.43 Å². The van der Waals surface area contributed by atoms with Crippen LogP contribution in [-0.4, -0.2) is 39.0 Å². The fraction of sp³-hybridized carbons (Fsp3) is 0.348. The van der Waals surface area contributed by atoms with E-state index in [-0.39, 0.29) is 35.4 Å². The maximum Gasteiger partial charge on any atom is 0.423 e. The number of carbonyl (C=O) groups excluding carboxylic acids is 2. The molecule has 3 rings (SSSR count). The Kier molecular flexibility index (Phi) is 6.95. The Balaban J connectivity index is 2.12. The van der Waals surface area contributed by atoms with Gasteiger partial charge in [-0.25, -0.2) is 10.2 Å². The van der Waals surface area contributed by atoms with Crippen LogP contribution >= 0.6 is 0 Å². The smallest absolute Gasteiger partial charge is 0.423 e. The highest BCUT2D eigenvalue weighted by molar-refractivity contribution is 5.91. The lowest BCUT2D eigenvalue weighted by molar-refractivity contribution is -0.137. The third-order valence-electron chi connectivity index (χ3n) is 5.30. The first-order valence-corrected chi connectivity index (χ1v) is 10.4. The topological polar surface area (TPSA) is 91.6 Å². The van der Waals surface area contributed by atoms with Crippen molar-refractivity contribution in [2.24, 2.45) is 5.92 Å². The van der Waals surface area contributed by atoms with Crippen LogP contribution < -0.4 is 5.43 Å². The van der Waals surface area contributed by atoms with E-state index in [0.717, 1.165) is 25.0 Å². The summed E-state index contributed by atoms with van der Waals surface area (Å²) in [6, 6.07) is 6.25. The van der Waals surface area contributed by atoms with E-state index in [1.54, 1.807) is 19.1 Å². The molecule has 0 bridgehead atoms. The van der Waals surface area contributed by atoms with E-state index in [1.807, 2.05) is 0 Å². The number of aromatic nitrogens is 1. The number of allylic oxidation sites excluding steroid dienone is 1. The fourth-order valence-electron chi connectivity index (χ4n) is 3.51. The van der Waals surface area contributed by atoms with Crippen LogP contribution in [0.1, 0.15) is 43.5 Å². The maximum absolute atomic E-state index is 13.4. The molecule has 0 saturated heterocycles. The van der Waals surface area contributed by atoms with Gasteiger partial charge in [-0.3, -0.25) is 14.3 Å². The van der Waals surface area contributed by atoms with E-state index >= 15 is 0 Å². The maximum atomic E-state index is 13.4. The van der Waals surface area contributed by atoms with Crippen molar-refractivity contribution in [2.75, 3.05) is 12.0 Å². The molecule has 0 unspecified atom stereocenters. The number of hydrogen-bond donors (Lipinski definition) is 2. The van der Waals surface area contributed by atoms with Gasteiger partial charge in [0.05, 0.1) is 17.0 Å². The summed E-state index contributed by atoms with van der Waals surface area (Å²) >= 11 is 0. The number of alkyl halides is 3. The van der Waals surface area contributed by atoms with Crippen LogP contribution in [0.2, 0.25) is 0 Å². The van der Waals surface area contributed by atoms with E-state index in [0.29, 0.717) is 17.8 Å². The molecule has 1 aromatic heterocycles. The van der Waals surface area contributed by atoms with Gasteiger partial charge in [0.1, 0.15) is 0 Å². The van der Waals surface area contributed by atoms with E-state index < -0.39 is 17.8 Å². The third-order valence-corrected chi connectivity index (χ3v) is 5.30. The average Bonchev–Trinajstić information content (AvgIpc) is 3.51. The summed E-state index contributed by atoms with van der Waals surface area (Å²) in [5.74, 6) is -0.461. The monoisotopic (exact) mass is 463 g/mol. The van der Waals surface area contributed by atoms with Crippen molar-refractivity contribution in [1.82, 2.24) is 9.58 Å². The van der Waals surface area contributed by atoms with Crippen molar-refractivity contribution >= 4 is 23.9 Å². The molecule has 33 heavy (non-hydrogen) atoms. The Labute approximate surface area is 188 Å². The van der Waals surface area contributed by atoms with Crippen molar-refractivity contribution in [3.63, 3.8) is 0 Å². The zero-order valence-corrected chi connectivity index (χ0v) is 18.1. The Morgan fingerprint density at radius 3 is 2.45 bits per heavy atom. The van der Waals surface area contributed by atoms with Gasteiger partial charge in [-0.05, 0) is 68.7 Å². The molecule has 1 aliphatic rings. The molecule has 1 fully saturated rings. The number of nitrogens with zero attached hydrogens (tertiary/aromatic N) is 2. The van der Waals surface area contributed by atoms with Crippen molar-refractivity contribution in [1.29, 1.82) is 0 Å². The van der Waals surface area contributed by atoms with Crippen LogP contribution in [-0.2, 0) is 22.3 Å². The molecule has 1 aromatic carbocycles. The van der Waals surface area contributed by atoms with Crippen LogP contribution in [0, 0.1) is 5.92 Å². The second-order valence-electron chi connectivity index (χ2n) is 7.84. The molecule has 10 heteroatoms. The van der Waals surface area contributed by atoms with Crippen LogP contribution in [0.15, 0.2) is 36.4 Å². The molecular weight excluding hydrogens is 439 g/mol. The summed E-state index contributed by atoms with van der Waals surface area (Å²) in [5.41, 5.74) is 2.50. The number of ketones is 1. The molecule has 1 heterocycles. The van der Waals surface area contributed by atoms with E-state index in [9.17, 15) is 32.7 Å².